The minimum atomic E-state index is -2.52. The Bertz CT molecular complexity index is 1390. The minimum absolute atomic E-state index is 0.00676. The standard InChI is InChI=1S/C23H27F2N9O/c1-12-29-20-21(34(12)11-18(24)25)31-17(10-27-20)15-8-26-19-16(15)9-28-22(32-19)30-14-4-6-23(3,7-5-14)33-13(2)35/h8-10,14,18H,4-7,11H2,1-3H3,(H,33,35)(H2,26,28,30,32)/t14-,23-. The van der Waals surface area contributed by atoms with Crippen LogP contribution in [-0.4, -0.2) is 58.4 Å². The molecule has 184 valence electrons. The number of nitrogens with one attached hydrogen (secondary N) is 3. The van der Waals surface area contributed by atoms with Crippen LogP contribution in [0.5, 0.6) is 0 Å². The van der Waals surface area contributed by atoms with E-state index in [4.69, 9.17) is 0 Å². The van der Waals surface area contributed by atoms with Crippen LogP contribution in [0.15, 0.2) is 18.6 Å². The van der Waals surface area contributed by atoms with Crippen molar-refractivity contribution in [1.82, 2.24) is 39.8 Å². The number of carbonyl (C=O) groups is 1. The second-order valence-electron chi connectivity index (χ2n) is 9.38. The summed E-state index contributed by atoms with van der Waals surface area (Å²) in [5.74, 6) is 0.953. The summed E-state index contributed by atoms with van der Waals surface area (Å²) in [6.45, 7) is 4.80. The molecule has 0 atom stereocenters. The number of hydrogen-bond donors (Lipinski definition) is 3. The molecule has 0 spiro atoms. The fourth-order valence-electron chi connectivity index (χ4n) is 4.81. The van der Waals surface area contributed by atoms with Gasteiger partial charge in [0, 0.05) is 41.8 Å². The number of aromatic amines is 1. The van der Waals surface area contributed by atoms with E-state index in [0.29, 0.717) is 34.4 Å². The average molecular weight is 484 g/mol. The van der Waals surface area contributed by atoms with Gasteiger partial charge in [0.05, 0.1) is 18.4 Å². The van der Waals surface area contributed by atoms with Gasteiger partial charge < -0.3 is 20.2 Å². The van der Waals surface area contributed by atoms with Crippen LogP contribution in [0.1, 0.15) is 45.4 Å². The summed E-state index contributed by atoms with van der Waals surface area (Å²) in [4.78, 5) is 36.8. The molecule has 1 amide bonds. The van der Waals surface area contributed by atoms with Crippen molar-refractivity contribution < 1.29 is 13.6 Å². The zero-order valence-electron chi connectivity index (χ0n) is 19.8. The number of fused-ring (bicyclic) bond motifs is 2. The summed E-state index contributed by atoms with van der Waals surface area (Å²) in [6, 6.07) is 0.218. The lowest BCUT2D eigenvalue weighted by molar-refractivity contribution is -0.121. The first-order chi connectivity index (χ1) is 16.7. The van der Waals surface area contributed by atoms with Crippen molar-refractivity contribution in [1.29, 1.82) is 0 Å². The number of H-pyrrole nitrogens is 1. The maximum Gasteiger partial charge on any atom is 0.256 e. The molecule has 4 aromatic heterocycles. The van der Waals surface area contributed by atoms with E-state index in [-0.39, 0.29) is 17.5 Å². The van der Waals surface area contributed by atoms with Crippen molar-refractivity contribution in [2.24, 2.45) is 0 Å². The van der Waals surface area contributed by atoms with Gasteiger partial charge in [0.25, 0.3) is 6.43 Å². The van der Waals surface area contributed by atoms with Crippen LogP contribution in [0.2, 0.25) is 0 Å². The van der Waals surface area contributed by atoms with E-state index in [1.54, 1.807) is 32.4 Å². The van der Waals surface area contributed by atoms with Crippen LogP contribution >= 0.6 is 0 Å². The lowest BCUT2D eigenvalue weighted by Crippen LogP contribution is -2.49. The molecule has 12 heteroatoms. The fourth-order valence-corrected chi connectivity index (χ4v) is 4.81. The number of carbonyl (C=O) groups excluding carboxylic acids is 1. The molecule has 0 aromatic carbocycles. The first-order valence-electron chi connectivity index (χ1n) is 11.6. The van der Waals surface area contributed by atoms with Crippen molar-refractivity contribution in [3.8, 4) is 11.3 Å². The Hall–Kier alpha value is -3.70. The van der Waals surface area contributed by atoms with Gasteiger partial charge in [-0.1, -0.05) is 0 Å². The smallest absolute Gasteiger partial charge is 0.256 e. The van der Waals surface area contributed by atoms with Gasteiger partial charge in [-0.05, 0) is 39.5 Å². The highest BCUT2D eigenvalue weighted by molar-refractivity contribution is 5.93. The molecule has 0 bridgehead atoms. The van der Waals surface area contributed by atoms with Gasteiger partial charge >= 0.3 is 0 Å². The third kappa shape index (κ3) is 4.64. The summed E-state index contributed by atoms with van der Waals surface area (Å²) in [5.41, 5.74) is 2.36. The van der Waals surface area contributed by atoms with Gasteiger partial charge in [0.15, 0.2) is 11.3 Å². The number of hydrogen-bond acceptors (Lipinski definition) is 7. The van der Waals surface area contributed by atoms with Crippen LogP contribution in [0.3, 0.4) is 0 Å². The third-order valence-corrected chi connectivity index (χ3v) is 6.58. The van der Waals surface area contributed by atoms with Crippen molar-refractivity contribution in [3.63, 3.8) is 0 Å². The Kier molecular flexibility index (Phi) is 5.81. The number of anilines is 1. The predicted octanol–water partition coefficient (Wildman–Crippen LogP) is 3.59. The molecule has 3 N–H and O–H groups in total. The second-order valence-corrected chi connectivity index (χ2v) is 9.38. The molecule has 10 nitrogen and oxygen atoms in total. The number of imidazole rings is 1. The number of nitrogens with zero attached hydrogens (tertiary/aromatic N) is 6. The van der Waals surface area contributed by atoms with E-state index in [9.17, 15) is 13.6 Å². The maximum atomic E-state index is 13.0. The van der Waals surface area contributed by atoms with Gasteiger partial charge in [0.2, 0.25) is 11.9 Å². The molecule has 4 aromatic rings. The summed E-state index contributed by atoms with van der Waals surface area (Å²) >= 11 is 0. The van der Waals surface area contributed by atoms with Crippen LogP contribution in [-0.2, 0) is 11.3 Å². The zero-order valence-corrected chi connectivity index (χ0v) is 19.8. The van der Waals surface area contributed by atoms with Gasteiger partial charge in [-0.15, -0.1) is 0 Å². The molecular weight excluding hydrogens is 456 g/mol. The van der Waals surface area contributed by atoms with E-state index in [0.717, 1.165) is 36.6 Å². The summed E-state index contributed by atoms with van der Waals surface area (Å²) in [5, 5.41) is 7.21. The number of alkyl halides is 2. The number of aromatic nitrogens is 7. The molecule has 5 rings (SSSR count). The van der Waals surface area contributed by atoms with Gasteiger partial charge in [0.1, 0.15) is 11.5 Å². The molecule has 0 unspecified atom stereocenters. The zero-order chi connectivity index (χ0) is 24.7. The summed E-state index contributed by atoms with van der Waals surface area (Å²) in [7, 11) is 0. The Morgan fingerprint density at radius 2 is 2.00 bits per heavy atom. The van der Waals surface area contributed by atoms with Crippen LogP contribution in [0.4, 0.5) is 14.7 Å². The number of rotatable bonds is 6. The second kappa shape index (κ2) is 8.82. The fraction of sp³-hybridized carbons (Fsp3) is 0.478. The topological polar surface area (TPSA) is 126 Å². The Balaban J connectivity index is 1.36. The van der Waals surface area contributed by atoms with E-state index in [1.165, 1.54) is 4.57 Å². The Labute approximate surface area is 200 Å². The number of amides is 1. The SMILES string of the molecule is CC(=O)N[C@]1(C)CC[C@@H](Nc2ncc3c(-c4cnc5nc(C)n(CC(F)F)c5n4)c[nH]c3n2)CC1. The maximum absolute atomic E-state index is 13.0. The van der Waals surface area contributed by atoms with E-state index in [2.05, 4.69) is 47.5 Å². The molecule has 1 aliphatic rings. The number of aryl methyl sites for hydroxylation is 1. The first kappa shape index (κ1) is 23.1. The van der Waals surface area contributed by atoms with Gasteiger partial charge in [-0.2, -0.15) is 4.98 Å². The van der Waals surface area contributed by atoms with E-state index in [1.807, 2.05) is 0 Å². The molecule has 1 saturated carbocycles. The molecule has 35 heavy (non-hydrogen) atoms. The van der Waals surface area contributed by atoms with Crippen molar-refractivity contribution in [2.45, 2.75) is 71.0 Å². The quantitative estimate of drug-likeness (QED) is 0.383. The Morgan fingerprint density at radius 1 is 1.23 bits per heavy atom. The molecule has 0 radical (unpaired) electrons. The highest BCUT2D eigenvalue weighted by Gasteiger charge is 2.32. The highest BCUT2D eigenvalue weighted by atomic mass is 19.3. The van der Waals surface area contributed by atoms with Crippen LogP contribution in [0.25, 0.3) is 33.6 Å². The van der Waals surface area contributed by atoms with E-state index >= 15 is 0 Å². The minimum Gasteiger partial charge on any atom is -0.351 e. The van der Waals surface area contributed by atoms with Crippen molar-refractivity contribution in [3.05, 3.63) is 24.4 Å². The molecular formula is C23H27F2N9O. The molecule has 1 fully saturated rings. The Morgan fingerprint density at radius 3 is 2.71 bits per heavy atom. The lowest BCUT2D eigenvalue weighted by Gasteiger charge is -2.38. The third-order valence-electron chi connectivity index (χ3n) is 6.58. The molecule has 1 aliphatic carbocycles. The van der Waals surface area contributed by atoms with Gasteiger partial charge in [-0.3, -0.25) is 4.79 Å². The predicted molar refractivity (Wildman–Crippen MR) is 127 cm³/mol. The monoisotopic (exact) mass is 483 g/mol. The van der Waals surface area contributed by atoms with Crippen molar-refractivity contribution >= 4 is 34.2 Å². The molecule has 0 aliphatic heterocycles. The number of halogens is 2. The normalized spacial score (nSPS) is 20.6. The van der Waals surface area contributed by atoms with Crippen LogP contribution in [0, 0.1) is 6.92 Å². The van der Waals surface area contributed by atoms with Crippen LogP contribution < -0.4 is 10.6 Å². The largest absolute Gasteiger partial charge is 0.351 e. The van der Waals surface area contributed by atoms with Crippen molar-refractivity contribution in [2.75, 3.05) is 5.32 Å². The average Bonchev–Trinajstić information content (AvgIpc) is 3.35. The lowest BCUT2D eigenvalue weighted by atomic mass is 9.81. The first-order valence-corrected chi connectivity index (χ1v) is 11.6. The summed E-state index contributed by atoms with van der Waals surface area (Å²) < 4.78 is 27.5. The molecule has 4 heterocycles. The molecule has 0 saturated heterocycles. The highest BCUT2D eigenvalue weighted by Crippen LogP contribution is 2.31. The van der Waals surface area contributed by atoms with E-state index < -0.39 is 13.0 Å². The summed E-state index contributed by atoms with van der Waals surface area (Å²) in [6.07, 6.45) is 6.08. The van der Waals surface area contributed by atoms with Gasteiger partial charge in [-0.25, -0.2) is 28.7 Å².